The first-order valence-electron chi connectivity index (χ1n) is 4.03. The summed E-state index contributed by atoms with van der Waals surface area (Å²) in [5.74, 6) is 0. The molecule has 2 atom stereocenters. The number of nitrogens with zero attached hydrogens (tertiary/aromatic N) is 1. The zero-order valence-electron chi connectivity index (χ0n) is 6.93. The van der Waals surface area contributed by atoms with E-state index in [1.54, 1.807) is 0 Å². The second-order valence-corrected chi connectivity index (χ2v) is 6.56. The molecular weight excluding hydrogens is 200 g/mol. The maximum Gasteiger partial charge on any atom is 0.160 e. The lowest BCUT2D eigenvalue weighted by Crippen LogP contribution is -2.38. The van der Waals surface area contributed by atoms with Gasteiger partial charge in [0.25, 0.3) is 0 Å². The highest BCUT2D eigenvalue weighted by Crippen LogP contribution is 2.54. The van der Waals surface area contributed by atoms with Gasteiger partial charge in [-0.15, -0.1) is 0 Å². The monoisotopic (exact) mass is 213 g/mol. The first kappa shape index (κ1) is 10.1. The van der Waals surface area contributed by atoms with Gasteiger partial charge in [0.15, 0.2) is 6.78 Å². The third-order valence-electron chi connectivity index (χ3n) is 2.32. The number of rotatable bonds is 1. The molecule has 1 rings (SSSR count). The van der Waals surface area contributed by atoms with E-state index in [0.717, 1.165) is 0 Å². The van der Waals surface area contributed by atoms with Crippen LogP contribution >= 0.6 is 29.3 Å². The molecule has 0 bridgehead atoms. The van der Waals surface area contributed by atoms with Crippen LogP contribution in [0.25, 0.3) is 0 Å². The van der Waals surface area contributed by atoms with Gasteiger partial charge >= 0.3 is 0 Å². The number of halogens is 2. The van der Waals surface area contributed by atoms with E-state index in [0.29, 0.717) is 12.1 Å². The van der Waals surface area contributed by atoms with Gasteiger partial charge in [0.05, 0.1) is 0 Å². The molecule has 0 aliphatic carbocycles. The summed E-state index contributed by atoms with van der Waals surface area (Å²) in [5.41, 5.74) is 0. The molecule has 66 valence electrons. The molecular formula is C7H14Cl2NP. The average Bonchev–Trinajstić information content (AvgIpc) is 1.85. The second-order valence-electron chi connectivity index (χ2n) is 3.22. The number of hydrogen-bond donors (Lipinski definition) is 0. The van der Waals surface area contributed by atoms with E-state index in [-0.39, 0.29) is 0 Å². The third-order valence-corrected chi connectivity index (χ3v) is 4.51. The normalized spacial score (nSPS) is 34.6. The molecule has 0 aromatic rings. The molecule has 0 N–H and O–H groups in total. The van der Waals surface area contributed by atoms with Gasteiger partial charge in [-0.2, -0.15) is 0 Å². The first-order valence-corrected chi connectivity index (χ1v) is 7.13. The lowest BCUT2D eigenvalue weighted by Gasteiger charge is -2.38. The van der Waals surface area contributed by atoms with Crippen molar-refractivity contribution in [2.45, 2.75) is 45.2 Å². The topological polar surface area (TPSA) is 3.24 Å². The fraction of sp³-hybridized carbons (Fsp3) is 1.00. The highest BCUT2D eigenvalue weighted by Gasteiger charge is 2.29. The molecule has 0 spiro atoms. The van der Waals surface area contributed by atoms with Crippen molar-refractivity contribution in [3.63, 3.8) is 0 Å². The van der Waals surface area contributed by atoms with Crippen molar-refractivity contribution in [1.29, 1.82) is 0 Å². The van der Waals surface area contributed by atoms with Crippen LogP contribution in [-0.4, -0.2) is 16.8 Å². The summed E-state index contributed by atoms with van der Waals surface area (Å²) in [4.78, 5) is 0. The number of hydrogen-bond acceptors (Lipinski definition) is 1. The predicted molar refractivity (Wildman–Crippen MR) is 53.2 cm³/mol. The molecule has 1 aliphatic rings. The molecule has 0 aromatic heterocycles. The second kappa shape index (κ2) is 4.28. The maximum atomic E-state index is 5.90. The van der Waals surface area contributed by atoms with Crippen LogP contribution in [0.4, 0.5) is 0 Å². The smallest absolute Gasteiger partial charge is 0.160 e. The minimum atomic E-state index is -0.920. The maximum absolute atomic E-state index is 5.90. The Labute approximate surface area is 79.4 Å². The summed E-state index contributed by atoms with van der Waals surface area (Å²) in [6.07, 6.45) is 3.79. The Morgan fingerprint density at radius 1 is 1.18 bits per heavy atom. The molecule has 11 heavy (non-hydrogen) atoms. The van der Waals surface area contributed by atoms with E-state index in [9.17, 15) is 0 Å². The molecule has 0 amide bonds. The zero-order valence-corrected chi connectivity index (χ0v) is 9.33. The average molecular weight is 214 g/mol. The largest absolute Gasteiger partial charge is 0.252 e. The summed E-state index contributed by atoms with van der Waals surface area (Å²) < 4.78 is 2.24. The molecule has 1 saturated heterocycles. The van der Waals surface area contributed by atoms with Crippen molar-refractivity contribution in [3.05, 3.63) is 0 Å². The third kappa shape index (κ3) is 2.45. The SMILES string of the molecule is CC1CCCC(C)N1P(Cl)Cl. The summed E-state index contributed by atoms with van der Waals surface area (Å²) >= 11 is 11.8. The van der Waals surface area contributed by atoms with Crippen LogP contribution in [0.3, 0.4) is 0 Å². The summed E-state index contributed by atoms with van der Waals surface area (Å²) in [6, 6.07) is 1.14. The summed E-state index contributed by atoms with van der Waals surface area (Å²) in [6.45, 7) is 3.49. The van der Waals surface area contributed by atoms with Gasteiger partial charge in [-0.25, -0.2) is 0 Å². The van der Waals surface area contributed by atoms with E-state index in [1.165, 1.54) is 19.3 Å². The van der Waals surface area contributed by atoms with E-state index >= 15 is 0 Å². The predicted octanol–water partition coefficient (Wildman–Crippen LogP) is 3.95. The van der Waals surface area contributed by atoms with Crippen LogP contribution in [0.1, 0.15) is 33.1 Å². The molecule has 1 fully saturated rings. The van der Waals surface area contributed by atoms with Gasteiger partial charge in [-0.05, 0) is 26.7 Å². The molecule has 1 nitrogen and oxygen atoms in total. The lowest BCUT2D eigenvalue weighted by atomic mass is 10.0. The number of piperidine rings is 1. The standard InChI is InChI=1S/C7H14Cl2NP/c1-6-4-3-5-7(2)10(6)11(8)9/h6-7H,3-5H2,1-2H3. The highest BCUT2D eigenvalue weighted by atomic mass is 35.9. The van der Waals surface area contributed by atoms with Crippen LogP contribution in [0.2, 0.25) is 0 Å². The van der Waals surface area contributed by atoms with E-state index < -0.39 is 6.78 Å². The Bertz CT molecular complexity index is 122. The Kier molecular flexibility index (Phi) is 3.91. The molecule has 2 unspecified atom stereocenters. The van der Waals surface area contributed by atoms with Gasteiger partial charge in [0, 0.05) is 12.1 Å². The van der Waals surface area contributed by atoms with E-state index in [4.69, 9.17) is 22.5 Å². The molecule has 4 heteroatoms. The Hall–Kier alpha value is 0.970. The van der Waals surface area contributed by atoms with Gasteiger partial charge in [-0.3, -0.25) is 4.67 Å². The van der Waals surface area contributed by atoms with Gasteiger partial charge < -0.3 is 0 Å². The van der Waals surface area contributed by atoms with Gasteiger partial charge in [-0.1, -0.05) is 28.9 Å². The van der Waals surface area contributed by atoms with Crippen LogP contribution in [0.15, 0.2) is 0 Å². The minimum Gasteiger partial charge on any atom is -0.252 e. The highest BCUT2D eigenvalue weighted by molar-refractivity contribution is 8.02. The van der Waals surface area contributed by atoms with Crippen LogP contribution in [-0.2, 0) is 0 Å². The molecule has 1 aliphatic heterocycles. The van der Waals surface area contributed by atoms with E-state index in [1.807, 2.05) is 0 Å². The Morgan fingerprint density at radius 3 is 1.91 bits per heavy atom. The van der Waals surface area contributed by atoms with Crippen molar-refractivity contribution < 1.29 is 0 Å². The fourth-order valence-corrected chi connectivity index (χ4v) is 4.32. The molecule has 1 heterocycles. The van der Waals surface area contributed by atoms with Crippen molar-refractivity contribution in [3.8, 4) is 0 Å². The van der Waals surface area contributed by atoms with Crippen molar-refractivity contribution in [2.75, 3.05) is 0 Å². The van der Waals surface area contributed by atoms with Gasteiger partial charge in [0.2, 0.25) is 0 Å². The van der Waals surface area contributed by atoms with Crippen molar-refractivity contribution in [2.24, 2.45) is 0 Å². The molecule has 0 saturated carbocycles. The van der Waals surface area contributed by atoms with Crippen molar-refractivity contribution in [1.82, 2.24) is 4.67 Å². The van der Waals surface area contributed by atoms with Crippen LogP contribution in [0.5, 0.6) is 0 Å². The Balaban J connectivity index is 2.55. The Morgan fingerprint density at radius 2 is 1.64 bits per heavy atom. The fourth-order valence-electron chi connectivity index (χ4n) is 1.71. The molecule has 0 aromatic carbocycles. The molecule has 0 radical (unpaired) electrons. The quantitative estimate of drug-likeness (QED) is 0.597. The minimum absolute atomic E-state index is 0.569. The summed E-state index contributed by atoms with van der Waals surface area (Å²) in [7, 11) is 0. The van der Waals surface area contributed by atoms with Crippen molar-refractivity contribution >= 4 is 29.3 Å². The van der Waals surface area contributed by atoms with Crippen LogP contribution < -0.4 is 0 Å². The zero-order chi connectivity index (χ0) is 8.43. The van der Waals surface area contributed by atoms with Crippen LogP contribution in [0, 0.1) is 0 Å². The van der Waals surface area contributed by atoms with E-state index in [2.05, 4.69) is 18.5 Å². The first-order chi connectivity index (χ1) is 5.13. The summed E-state index contributed by atoms with van der Waals surface area (Å²) in [5, 5.41) is 0. The lowest BCUT2D eigenvalue weighted by molar-refractivity contribution is 0.219. The van der Waals surface area contributed by atoms with Gasteiger partial charge in [0.1, 0.15) is 0 Å².